The van der Waals surface area contributed by atoms with E-state index in [9.17, 15) is 9.59 Å². The molecule has 0 atom stereocenters. The maximum Gasteiger partial charge on any atom is 0.263 e. The number of thioether (sulfide) groups is 1. The molecular weight excluding hydrogens is 715 g/mol. The predicted molar refractivity (Wildman–Crippen MR) is 228 cm³/mol. The van der Waals surface area contributed by atoms with Crippen molar-refractivity contribution in [3.8, 4) is 0 Å². The van der Waals surface area contributed by atoms with E-state index in [1.54, 1.807) is 28.0 Å². The number of anilines is 3. The van der Waals surface area contributed by atoms with E-state index in [0.29, 0.717) is 0 Å². The summed E-state index contributed by atoms with van der Waals surface area (Å²) in [5.74, 6) is -0.270. The average molecular weight is 753 g/mol. The summed E-state index contributed by atoms with van der Waals surface area (Å²) < 4.78 is 3.25. The first-order chi connectivity index (χ1) is 27.1. The fourth-order valence-corrected chi connectivity index (χ4v) is 9.07. The van der Waals surface area contributed by atoms with Crippen LogP contribution in [-0.2, 0) is 16.1 Å². The van der Waals surface area contributed by atoms with Crippen molar-refractivity contribution in [2.75, 3.05) is 16.3 Å². The molecule has 0 fully saturated rings. The van der Waals surface area contributed by atoms with Gasteiger partial charge in [-0.1, -0.05) is 163 Å². The van der Waals surface area contributed by atoms with Crippen molar-refractivity contribution in [2.45, 2.75) is 17.4 Å². The van der Waals surface area contributed by atoms with E-state index >= 15 is 0 Å². The van der Waals surface area contributed by atoms with Crippen molar-refractivity contribution in [1.29, 1.82) is 0 Å². The summed E-state index contributed by atoms with van der Waals surface area (Å²) in [7, 11) is 0. The molecule has 7 heteroatoms. The lowest BCUT2D eigenvalue weighted by molar-refractivity contribution is -0.655. The molecule has 0 spiro atoms. The van der Waals surface area contributed by atoms with Crippen molar-refractivity contribution < 1.29 is 14.2 Å². The van der Waals surface area contributed by atoms with Gasteiger partial charge in [0.25, 0.3) is 10.9 Å². The summed E-state index contributed by atoms with van der Waals surface area (Å²) in [5.41, 5.74) is 5.67. The maximum atomic E-state index is 14.2. The van der Waals surface area contributed by atoms with E-state index in [1.165, 1.54) is 0 Å². The molecule has 6 aromatic carbocycles. The molecule has 0 saturated carbocycles. The van der Waals surface area contributed by atoms with Gasteiger partial charge in [-0.2, -0.15) is 4.57 Å². The van der Waals surface area contributed by atoms with Crippen molar-refractivity contribution in [3.63, 3.8) is 0 Å². The molecule has 5 nitrogen and oxygen atoms in total. The highest BCUT2D eigenvalue weighted by atomic mass is 32.2. The van der Waals surface area contributed by atoms with Crippen LogP contribution in [0.15, 0.2) is 204 Å². The summed E-state index contributed by atoms with van der Waals surface area (Å²) in [5, 5.41) is 1.96. The normalized spacial score (nSPS) is 13.3. The van der Waals surface area contributed by atoms with Gasteiger partial charge in [0.15, 0.2) is 0 Å². The number of fused-ring (bicyclic) bond motifs is 2. The second-order valence-corrected chi connectivity index (χ2v) is 15.1. The van der Waals surface area contributed by atoms with Crippen LogP contribution >= 0.6 is 23.1 Å². The first-order valence-electron chi connectivity index (χ1n) is 18.2. The number of nitrogens with zero attached hydrogens (tertiary/aromatic N) is 3. The van der Waals surface area contributed by atoms with Gasteiger partial charge in [0, 0.05) is 28.4 Å². The molecule has 1 aliphatic rings. The molecule has 1 aromatic heterocycles. The van der Waals surface area contributed by atoms with Crippen LogP contribution in [0.3, 0.4) is 0 Å². The zero-order chi connectivity index (χ0) is 37.4. The van der Waals surface area contributed by atoms with Crippen LogP contribution in [0, 0.1) is 0 Å². The van der Waals surface area contributed by atoms with Gasteiger partial charge in [-0.15, -0.1) is 0 Å². The molecule has 8 rings (SSSR count). The number of amides is 1. The number of hydrogen-bond acceptors (Lipinski definition) is 5. The van der Waals surface area contributed by atoms with Gasteiger partial charge in [0.05, 0.1) is 16.6 Å². The van der Waals surface area contributed by atoms with Crippen LogP contribution in [0.5, 0.6) is 0 Å². The highest BCUT2D eigenvalue weighted by Gasteiger charge is 2.30. The lowest BCUT2D eigenvalue weighted by atomic mass is 9.87. The van der Waals surface area contributed by atoms with Gasteiger partial charge in [0.1, 0.15) is 11.2 Å². The second kappa shape index (κ2) is 16.8. The number of aromatic nitrogens is 1. The summed E-state index contributed by atoms with van der Waals surface area (Å²) in [6.45, 7) is 0.416. The zero-order valence-electron chi connectivity index (χ0n) is 30.0. The van der Waals surface area contributed by atoms with Gasteiger partial charge >= 0.3 is 0 Å². The first kappa shape index (κ1) is 35.7. The van der Waals surface area contributed by atoms with Crippen LogP contribution < -0.4 is 14.4 Å². The van der Waals surface area contributed by atoms with Crippen LogP contribution in [-0.4, -0.2) is 18.2 Å². The van der Waals surface area contributed by atoms with Gasteiger partial charge < -0.3 is 4.90 Å². The molecule has 268 valence electrons. The van der Waals surface area contributed by atoms with Crippen LogP contribution in [0.1, 0.15) is 22.1 Å². The minimum Gasteiger partial charge on any atom is -0.325 e. The molecule has 0 aliphatic carbocycles. The number of hydrogen-bond donors (Lipinski definition) is 0. The lowest BCUT2D eigenvalue weighted by Gasteiger charge is -2.27. The first-order valence-corrected chi connectivity index (χ1v) is 19.8. The third-order valence-electron chi connectivity index (χ3n) is 9.45. The number of Topliss-reactive ketones (excluding diaryl/α,β-unsaturated/α-hetero) is 1. The Labute approximate surface area is 329 Å². The Hall–Kier alpha value is -6.28. The number of thiazole rings is 1. The molecule has 0 unspecified atom stereocenters. The Balaban J connectivity index is 1.05. The highest BCUT2D eigenvalue weighted by molar-refractivity contribution is 8.03. The van der Waals surface area contributed by atoms with Gasteiger partial charge in [0.2, 0.25) is 17.8 Å². The zero-order valence-corrected chi connectivity index (χ0v) is 31.7. The Morgan fingerprint density at radius 3 is 1.85 bits per heavy atom. The summed E-state index contributed by atoms with van der Waals surface area (Å²) in [4.78, 5) is 33.4. The standard InChI is InChI=1S/C48H38N3O2S2/c52-42(48(36-20-6-1-7-21-36)37-22-8-2-9-23-37)34-49-40-28-16-18-30-43(40)54-46(49)32-14-5-15-33-47-50(41-29-17-19-31-44(41)55-47)35-45(53)51(38-24-10-3-11-25-38)39-26-12-4-13-27-39/h1-33,48H,34-35H2/q+1. The van der Waals surface area contributed by atoms with E-state index in [0.717, 1.165) is 53.3 Å². The number of carbonyl (C=O) groups is 2. The smallest absolute Gasteiger partial charge is 0.263 e. The SMILES string of the molecule is O=C(C[n+]1c(/C=C/C=C/C=C2\Sc3ccccc3N2CC(=O)N(c2ccccc2)c2ccccc2)sc2ccccc21)C(c1ccccc1)c1ccccc1. The van der Waals surface area contributed by atoms with E-state index in [4.69, 9.17) is 0 Å². The summed E-state index contributed by atoms with van der Waals surface area (Å²) in [6, 6.07) is 56.1. The van der Waals surface area contributed by atoms with E-state index in [-0.39, 0.29) is 30.7 Å². The molecule has 0 N–H and O–H groups in total. The van der Waals surface area contributed by atoms with Gasteiger partial charge in [-0.25, -0.2) is 0 Å². The molecule has 0 bridgehead atoms. The van der Waals surface area contributed by atoms with E-state index in [1.807, 2.05) is 164 Å². The molecule has 1 amide bonds. The fourth-order valence-electron chi connectivity index (χ4n) is 6.92. The highest BCUT2D eigenvalue weighted by Crippen LogP contribution is 2.46. The maximum absolute atomic E-state index is 14.2. The monoisotopic (exact) mass is 752 g/mol. The van der Waals surface area contributed by atoms with Gasteiger partial charge in [-0.05, 0) is 59.7 Å². The molecule has 7 aromatic rings. The molecule has 2 heterocycles. The largest absolute Gasteiger partial charge is 0.325 e. The summed E-state index contributed by atoms with van der Waals surface area (Å²) in [6.07, 6.45) is 10.2. The van der Waals surface area contributed by atoms with Crippen LogP contribution in [0.4, 0.5) is 17.1 Å². The molecule has 1 aliphatic heterocycles. The van der Waals surface area contributed by atoms with Crippen molar-refractivity contribution in [1.82, 2.24) is 0 Å². The Morgan fingerprint density at radius 1 is 0.636 bits per heavy atom. The Morgan fingerprint density at radius 2 is 1.20 bits per heavy atom. The van der Waals surface area contributed by atoms with Crippen molar-refractivity contribution >= 4 is 68.1 Å². The number of allylic oxidation sites excluding steroid dienone is 4. The van der Waals surface area contributed by atoms with Crippen LogP contribution in [0.25, 0.3) is 16.3 Å². The third kappa shape index (κ3) is 7.99. The Kier molecular flexibility index (Phi) is 10.9. The molecule has 0 radical (unpaired) electrons. The minimum atomic E-state index is -0.368. The number of benzene rings is 6. The number of carbonyl (C=O) groups excluding carboxylic acids is 2. The average Bonchev–Trinajstić information content (AvgIpc) is 3.76. The van der Waals surface area contributed by atoms with E-state index in [2.05, 4.69) is 45.9 Å². The third-order valence-corrected chi connectivity index (χ3v) is 11.7. The second-order valence-electron chi connectivity index (χ2n) is 13.0. The molecule has 0 saturated heterocycles. The van der Waals surface area contributed by atoms with E-state index < -0.39 is 0 Å². The quantitative estimate of drug-likeness (QED) is 0.0921. The van der Waals surface area contributed by atoms with Crippen molar-refractivity contribution in [3.05, 3.63) is 215 Å². The minimum absolute atomic E-state index is 0.0323. The number of rotatable bonds is 12. The number of para-hydroxylation sites is 4. The predicted octanol–water partition coefficient (Wildman–Crippen LogP) is 11.0. The van der Waals surface area contributed by atoms with Crippen LogP contribution in [0.2, 0.25) is 0 Å². The topological polar surface area (TPSA) is 44.5 Å². The summed E-state index contributed by atoms with van der Waals surface area (Å²) >= 11 is 3.33. The molecular formula is C48H38N3O2S2+. The number of ketones is 1. The molecule has 55 heavy (non-hydrogen) atoms. The lowest BCUT2D eigenvalue weighted by Crippen LogP contribution is -2.41. The fraction of sp³-hybridized carbons (Fsp3) is 0.0625. The van der Waals surface area contributed by atoms with Crippen molar-refractivity contribution in [2.24, 2.45) is 0 Å². The Bertz CT molecular complexity index is 2430. The van der Waals surface area contributed by atoms with Gasteiger partial charge in [-0.3, -0.25) is 14.5 Å².